The first-order chi connectivity index (χ1) is 13.3. The van der Waals surface area contributed by atoms with Crippen LogP contribution in [0.4, 0.5) is 11.5 Å². The second-order valence-corrected chi connectivity index (χ2v) is 7.73. The summed E-state index contributed by atoms with van der Waals surface area (Å²) in [7, 11) is 0. The number of benzene rings is 1. The van der Waals surface area contributed by atoms with Crippen LogP contribution in [0.15, 0.2) is 43.0 Å². The van der Waals surface area contributed by atoms with Crippen LogP contribution in [0, 0.1) is 5.92 Å². The van der Waals surface area contributed by atoms with Crippen molar-refractivity contribution in [2.75, 3.05) is 16.3 Å². The third-order valence-corrected chi connectivity index (χ3v) is 6.45. The molecule has 0 radical (unpaired) electrons. The molecule has 2 aromatic heterocycles. The van der Waals surface area contributed by atoms with Crippen LogP contribution in [-0.2, 0) is 11.2 Å². The molecule has 3 aromatic rings. The van der Waals surface area contributed by atoms with Crippen LogP contribution < -0.4 is 9.80 Å². The fourth-order valence-corrected chi connectivity index (χ4v) is 5.28. The molecule has 2 fully saturated rings. The van der Waals surface area contributed by atoms with E-state index in [1.54, 1.807) is 12.5 Å². The molecule has 3 aliphatic heterocycles. The maximum absolute atomic E-state index is 13.4. The molecule has 2 bridgehead atoms. The number of fused-ring (bicyclic) bond motifs is 4. The zero-order valence-corrected chi connectivity index (χ0v) is 14.9. The molecule has 136 valence electrons. The predicted octanol–water partition coefficient (Wildman–Crippen LogP) is 2.07. The van der Waals surface area contributed by atoms with Crippen LogP contribution in [0.3, 0.4) is 0 Å². The number of hydrogen-bond acceptors (Lipinski definition) is 5. The summed E-state index contributed by atoms with van der Waals surface area (Å²) in [6.07, 6.45) is 9.35. The molecular weight excluding hydrogens is 340 g/mol. The molecule has 0 aliphatic carbocycles. The lowest BCUT2D eigenvalue weighted by atomic mass is 9.88. The Hall–Kier alpha value is -2.96. The monoisotopic (exact) mass is 360 g/mol. The molecule has 0 saturated carbocycles. The van der Waals surface area contributed by atoms with E-state index in [1.807, 2.05) is 21.6 Å². The van der Waals surface area contributed by atoms with Gasteiger partial charge >= 0.3 is 0 Å². The quantitative estimate of drug-likeness (QED) is 0.700. The van der Waals surface area contributed by atoms with Gasteiger partial charge in [-0.25, -0.2) is 4.98 Å². The van der Waals surface area contributed by atoms with Gasteiger partial charge in [-0.15, -0.1) is 10.2 Å². The molecule has 27 heavy (non-hydrogen) atoms. The second kappa shape index (κ2) is 5.52. The molecule has 6 rings (SSSR count). The van der Waals surface area contributed by atoms with Crippen molar-refractivity contribution < 1.29 is 4.79 Å². The first kappa shape index (κ1) is 15.1. The molecule has 3 atom stereocenters. The Morgan fingerprint density at radius 2 is 2.11 bits per heavy atom. The van der Waals surface area contributed by atoms with E-state index in [4.69, 9.17) is 0 Å². The van der Waals surface area contributed by atoms with Crippen molar-refractivity contribution in [2.24, 2.45) is 5.92 Å². The Morgan fingerprint density at radius 1 is 1.19 bits per heavy atom. The molecule has 7 nitrogen and oxygen atoms in total. The highest BCUT2D eigenvalue weighted by Crippen LogP contribution is 2.46. The first-order valence-electron chi connectivity index (χ1n) is 9.63. The number of amides is 1. The predicted molar refractivity (Wildman–Crippen MR) is 101 cm³/mol. The Balaban J connectivity index is 1.34. The largest absolute Gasteiger partial charge is 0.347 e. The standard InChI is InChI=1S/C20H20N6O/c27-20(25-9-7-13-3-1-2-4-16(13)25)15-11-14-5-6-17(15)26(14)18-19-23-22-12-24(19)10-8-21-18/h1-4,8,10,12,14-15,17H,5-7,9,11H2. The number of anilines is 2. The SMILES string of the molecule is O=C(C1CC2CCC1N2c1nccn2cnnc12)N1CCc2ccccc21. The van der Waals surface area contributed by atoms with Gasteiger partial charge in [0.25, 0.3) is 0 Å². The number of aromatic nitrogens is 4. The molecule has 5 heterocycles. The summed E-state index contributed by atoms with van der Waals surface area (Å²) in [5.74, 6) is 1.16. The van der Waals surface area contributed by atoms with Gasteiger partial charge in [0.2, 0.25) is 11.6 Å². The number of rotatable bonds is 2. The summed E-state index contributed by atoms with van der Waals surface area (Å²) in [5.41, 5.74) is 3.14. The van der Waals surface area contributed by atoms with Crippen molar-refractivity contribution in [3.63, 3.8) is 0 Å². The Morgan fingerprint density at radius 3 is 3.07 bits per heavy atom. The van der Waals surface area contributed by atoms with Gasteiger partial charge in [-0.2, -0.15) is 0 Å². The van der Waals surface area contributed by atoms with Gasteiger partial charge in [0.05, 0.1) is 5.92 Å². The lowest BCUT2D eigenvalue weighted by Crippen LogP contribution is -2.41. The molecule has 2 saturated heterocycles. The molecule has 1 amide bonds. The molecule has 3 aliphatic rings. The highest BCUT2D eigenvalue weighted by Gasteiger charge is 2.51. The van der Waals surface area contributed by atoms with Crippen molar-refractivity contribution in [3.8, 4) is 0 Å². The topological polar surface area (TPSA) is 66.6 Å². The Kier molecular flexibility index (Phi) is 3.09. The number of hydrogen-bond donors (Lipinski definition) is 0. The van der Waals surface area contributed by atoms with Crippen molar-refractivity contribution in [1.82, 2.24) is 19.6 Å². The zero-order chi connectivity index (χ0) is 18.0. The van der Waals surface area contributed by atoms with Gasteiger partial charge in [-0.05, 0) is 37.3 Å². The minimum absolute atomic E-state index is 0.0277. The fraction of sp³-hybridized carbons (Fsp3) is 0.400. The summed E-state index contributed by atoms with van der Waals surface area (Å²) >= 11 is 0. The van der Waals surface area contributed by atoms with Gasteiger partial charge in [0.1, 0.15) is 6.33 Å². The number of nitrogens with zero attached hydrogens (tertiary/aromatic N) is 6. The van der Waals surface area contributed by atoms with E-state index >= 15 is 0 Å². The first-order valence-corrected chi connectivity index (χ1v) is 9.63. The molecule has 0 spiro atoms. The zero-order valence-electron chi connectivity index (χ0n) is 14.9. The van der Waals surface area contributed by atoms with Crippen LogP contribution in [0.25, 0.3) is 5.65 Å². The van der Waals surface area contributed by atoms with E-state index in [1.165, 1.54) is 5.56 Å². The third kappa shape index (κ3) is 2.08. The van der Waals surface area contributed by atoms with E-state index in [0.717, 1.165) is 49.4 Å². The van der Waals surface area contributed by atoms with Gasteiger partial charge < -0.3 is 9.80 Å². The van der Waals surface area contributed by atoms with Crippen LogP contribution in [0.5, 0.6) is 0 Å². The minimum atomic E-state index is 0.0277. The van der Waals surface area contributed by atoms with Crippen molar-refractivity contribution in [2.45, 2.75) is 37.8 Å². The average Bonchev–Trinajstić information content (AvgIpc) is 3.48. The van der Waals surface area contributed by atoms with E-state index in [-0.39, 0.29) is 17.9 Å². The molecule has 7 heteroatoms. The number of carbonyl (C=O) groups excluding carboxylic acids is 1. The Bertz CT molecular complexity index is 1050. The summed E-state index contributed by atoms with van der Waals surface area (Å²) in [6.45, 7) is 0.796. The van der Waals surface area contributed by atoms with Crippen LogP contribution in [0.1, 0.15) is 24.8 Å². The average molecular weight is 360 g/mol. The molecule has 0 N–H and O–H groups in total. The van der Waals surface area contributed by atoms with Crippen LogP contribution in [-0.4, -0.2) is 44.1 Å². The maximum Gasteiger partial charge on any atom is 0.232 e. The fourth-order valence-electron chi connectivity index (χ4n) is 5.28. The second-order valence-electron chi connectivity index (χ2n) is 7.73. The van der Waals surface area contributed by atoms with Crippen LogP contribution in [0.2, 0.25) is 0 Å². The van der Waals surface area contributed by atoms with E-state index in [9.17, 15) is 4.79 Å². The molecule has 3 unspecified atom stereocenters. The van der Waals surface area contributed by atoms with Crippen molar-refractivity contribution >= 4 is 23.1 Å². The Labute approximate surface area is 156 Å². The van der Waals surface area contributed by atoms with E-state index < -0.39 is 0 Å². The van der Waals surface area contributed by atoms with Crippen molar-refractivity contribution in [3.05, 3.63) is 48.5 Å². The van der Waals surface area contributed by atoms with E-state index in [2.05, 4.69) is 38.3 Å². The van der Waals surface area contributed by atoms with E-state index in [0.29, 0.717) is 6.04 Å². The van der Waals surface area contributed by atoms with Gasteiger partial charge in [-0.3, -0.25) is 9.20 Å². The van der Waals surface area contributed by atoms with Gasteiger partial charge in [0, 0.05) is 36.7 Å². The van der Waals surface area contributed by atoms with Crippen molar-refractivity contribution in [1.29, 1.82) is 0 Å². The summed E-state index contributed by atoms with van der Waals surface area (Å²) < 4.78 is 1.90. The summed E-state index contributed by atoms with van der Waals surface area (Å²) in [4.78, 5) is 22.4. The summed E-state index contributed by atoms with van der Waals surface area (Å²) in [5, 5.41) is 8.27. The lowest BCUT2D eigenvalue weighted by molar-refractivity contribution is -0.122. The third-order valence-electron chi connectivity index (χ3n) is 6.45. The molecular formula is C20H20N6O. The van der Waals surface area contributed by atoms with Gasteiger partial charge in [0.15, 0.2) is 5.82 Å². The summed E-state index contributed by atoms with van der Waals surface area (Å²) in [6, 6.07) is 8.84. The smallest absolute Gasteiger partial charge is 0.232 e. The van der Waals surface area contributed by atoms with Gasteiger partial charge in [-0.1, -0.05) is 18.2 Å². The highest BCUT2D eigenvalue weighted by molar-refractivity contribution is 5.98. The number of carbonyl (C=O) groups is 1. The lowest BCUT2D eigenvalue weighted by Gasteiger charge is -2.28. The minimum Gasteiger partial charge on any atom is -0.347 e. The normalized spacial score (nSPS) is 26.1. The van der Waals surface area contributed by atoms with Crippen LogP contribution >= 0.6 is 0 Å². The highest BCUT2D eigenvalue weighted by atomic mass is 16.2. The maximum atomic E-state index is 13.4. The number of para-hydroxylation sites is 1. The molecule has 1 aromatic carbocycles.